The Balaban J connectivity index is 1.77. The van der Waals surface area contributed by atoms with Gasteiger partial charge >= 0.3 is 0 Å². The Morgan fingerprint density at radius 3 is 2.55 bits per heavy atom. The van der Waals surface area contributed by atoms with Crippen LogP contribution in [-0.2, 0) is 17.9 Å². The summed E-state index contributed by atoms with van der Waals surface area (Å²) >= 11 is 0. The van der Waals surface area contributed by atoms with Gasteiger partial charge in [-0.1, -0.05) is 32.9 Å². The molecule has 0 bridgehead atoms. The number of hydrogen-bond donors (Lipinski definition) is 1. The van der Waals surface area contributed by atoms with Crippen molar-refractivity contribution in [1.82, 2.24) is 20.3 Å². The van der Waals surface area contributed by atoms with E-state index >= 15 is 0 Å². The maximum Gasteiger partial charge on any atom is 0.138 e. The van der Waals surface area contributed by atoms with Gasteiger partial charge in [-0.3, -0.25) is 9.48 Å². The van der Waals surface area contributed by atoms with E-state index in [1.54, 1.807) is 0 Å². The average Bonchev–Trinajstić information content (AvgIpc) is 2.92. The van der Waals surface area contributed by atoms with E-state index in [1.165, 1.54) is 0 Å². The van der Waals surface area contributed by atoms with Gasteiger partial charge in [0.05, 0.1) is 5.69 Å². The number of hydrogen-bond acceptors (Lipinski definition) is 4. The van der Waals surface area contributed by atoms with E-state index in [0.717, 1.165) is 44.5 Å². The van der Waals surface area contributed by atoms with E-state index in [2.05, 4.69) is 29.5 Å². The van der Waals surface area contributed by atoms with E-state index in [1.807, 2.05) is 24.7 Å². The molecule has 22 heavy (non-hydrogen) atoms. The number of carbonyl (C=O) groups is 1. The first-order chi connectivity index (χ1) is 10.5. The summed E-state index contributed by atoms with van der Waals surface area (Å²) in [5.41, 5.74) is 0.998. The van der Waals surface area contributed by atoms with Crippen LogP contribution in [0.2, 0.25) is 0 Å². The van der Waals surface area contributed by atoms with Crippen LogP contribution < -0.4 is 5.32 Å². The first-order valence-electron chi connectivity index (χ1n) is 8.61. The highest BCUT2D eigenvalue weighted by Crippen LogP contribution is 2.31. The molecule has 5 nitrogen and oxygen atoms in total. The van der Waals surface area contributed by atoms with Crippen molar-refractivity contribution >= 4 is 5.78 Å². The summed E-state index contributed by atoms with van der Waals surface area (Å²) in [5, 5.41) is 11.8. The van der Waals surface area contributed by atoms with Gasteiger partial charge in [-0.2, -0.15) is 0 Å². The third-order valence-electron chi connectivity index (χ3n) is 4.54. The first-order valence-corrected chi connectivity index (χ1v) is 8.61. The van der Waals surface area contributed by atoms with Crippen molar-refractivity contribution in [2.75, 3.05) is 0 Å². The van der Waals surface area contributed by atoms with Crippen molar-refractivity contribution in [2.24, 2.45) is 17.8 Å². The molecule has 0 spiro atoms. The van der Waals surface area contributed by atoms with Gasteiger partial charge in [-0.25, -0.2) is 0 Å². The van der Waals surface area contributed by atoms with Gasteiger partial charge in [0.25, 0.3) is 0 Å². The minimum atomic E-state index is 0.174. The van der Waals surface area contributed by atoms with Gasteiger partial charge in [-0.05, 0) is 31.6 Å². The van der Waals surface area contributed by atoms with E-state index in [-0.39, 0.29) is 11.8 Å². The van der Waals surface area contributed by atoms with Crippen molar-refractivity contribution in [3.8, 4) is 0 Å². The molecule has 1 fully saturated rings. The molecule has 0 amide bonds. The van der Waals surface area contributed by atoms with E-state index in [0.29, 0.717) is 17.7 Å². The topological polar surface area (TPSA) is 59.8 Å². The maximum absolute atomic E-state index is 12.1. The number of carbonyl (C=O) groups excluding carboxylic acids is 1. The summed E-state index contributed by atoms with van der Waals surface area (Å²) in [6, 6.07) is 0.457. The monoisotopic (exact) mass is 306 g/mol. The molecule has 1 aromatic rings. The number of aromatic nitrogens is 3. The third kappa shape index (κ3) is 4.90. The van der Waals surface area contributed by atoms with Crippen molar-refractivity contribution in [3.63, 3.8) is 0 Å². The minimum absolute atomic E-state index is 0.174. The van der Waals surface area contributed by atoms with Crippen molar-refractivity contribution < 1.29 is 4.79 Å². The van der Waals surface area contributed by atoms with Crippen molar-refractivity contribution in [1.29, 1.82) is 0 Å². The Hall–Kier alpha value is -1.23. The lowest BCUT2D eigenvalue weighted by Crippen LogP contribution is -2.26. The fourth-order valence-corrected chi connectivity index (χ4v) is 3.18. The van der Waals surface area contributed by atoms with Crippen LogP contribution in [0, 0.1) is 17.8 Å². The fraction of sp³-hybridized carbons (Fsp3) is 0.824. The zero-order chi connectivity index (χ0) is 16.1. The first kappa shape index (κ1) is 17.1. The van der Waals surface area contributed by atoms with Crippen molar-refractivity contribution in [2.45, 2.75) is 72.5 Å². The predicted octanol–water partition coefficient (Wildman–Crippen LogP) is 2.81. The second-order valence-electron chi connectivity index (χ2n) is 7.24. The van der Waals surface area contributed by atoms with Gasteiger partial charge in [0, 0.05) is 37.2 Å². The maximum atomic E-state index is 12.1. The summed E-state index contributed by atoms with van der Waals surface area (Å²) < 4.78 is 1.96. The predicted molar refractivity (Wildman–Crippen MR) is 87.3 cm³/mol. The third-order valence-corrected chi connectivity index (χ3v) is 4.54. The van der Waals surface area contributed by atoms with Crippen LogP contribution in [-0.4, -0.2) is 26.8 Å². The van der Waals surface area contributed by atoms with Gasteiger partial charge < -0.3 is 5.32 Å². The summed E-state index contributed by atoms with van der Waals surface area (Å²) in [5.74, 6) is 1.54. The minimum Gasteiger partial charge on any atom is -0.309 e. The van der Waals surface area contributed by atoms with Gasteiger partial charge in [0.15, 0.2) is 0 Å². The standard InChI is InChI=1S/C17H30N4O/c1-12(2)17(22)15-7-5-14(6-8-15)10-21-11-16(19-20-21)9-18-13(3)4/h11-15,18H,5-10H2,1-4H3. The Morgan fingerprint density at radius 2 is 1.95 bits per heavy atom. The smallest absolute Gasteiger partial charge is 0.138 e. The van der Waals surface area contributed by atoms with Crippen LogP contribution in [0.4, 0.5) is 0 Å². The van der Waals surface area contributed by atoms with Crippen LogP contribution in [0.15, 0.2) is 6.20 Å². The van der Waals surface area contributed by atoms with Crippen LogP contribution >= 0.6 is 0 Å². The summed E-state index contributed by atoms with van der Waals surface area (Å²) in [4.78, 5) is 12.1. The molecule has 0 aliphatic heterocycles. The molecule has 124 valence electrons. The molecule has 1 saturated carbocycles. The summed E-state index contributed by atoms with van der Waals surface area (Å²) in [7, 11) is 0. The molecule has 1 aromatic heterocycles. The van der Waals surface area contributed by atoms with Crippen LogP contribution in [0.25, 0.3) is 0 Å². The zero-order valence-corrected chi connectivity index (χ0v) is 14.4. The van der Waals surface area contributed by atoms with Crippen LogP contribution in [0.1, 0.15) is 59.1 Å². The Bertz CT molecular complexity index is 473. The molecule has 5 heteroatoms. The highest BCUT2D eigenvalue weighted by molar-refractivity contribution is 5.82. The molecule has 1 aliphatic rings. The largest absolute Gasteiger partial charge is 0.309 e. The quantitative estimate of drug-likeness (QED) is 0.841. The second kappa shape index (κ2) is 7.86. The fourth-order valence-electron chi connectivity index (χ4n) is 3.18. The molecule has 1 N–H and O–H groups in total. The molecule has 0 aromatic carbocycles. The highest BCUT2D eigenvalue weighted by atomic mass is 16.1. The number of rotatable bonds is 7. The SMILES string of the molecule is CC(C)NCc1cn(CC2CCC(C(=O)C(C)C)CC2)nn1. The molecule has 0 atom stereocenters. The number of ketones is 1. The molecular formula is C17H30N4O. The second-order valence-corrected chi connectivity index (χ2v) is 7.24. The van der Waals surface area contributed by atoms with E-state index in [9.17, 15) is 4.79 Å². The molecule has 0 radical (unpaired) electrons. The van der Waals surface area contributed by atoms with Crippen LogP contribution in [0.3, 0.4) is 0 Å². The molecule has 2 rings (SSSR count). The molecule has 1 heterocycles. The summed E-state index contributed by atoms with van der Waals surface area (Å²) in [6.07, 6.45) is 6.38. The van der Waals surface area contributed by atoms with Crippen molar-refractivity contribution in [3.05, 3.63) is 11.9 Å². The lowest BCUT2D eigenvalue weighted by Gasteiger charge is -2.28. The lowest BCUT2D eigenvalue weighted by atomic mass is 9.78. The molecular weight excluding hydrogens is 276 g/mol. The normalized spacial score (nSPS) is 22.5. The number of nitrogens with one attached hydrogen (secondary N) is 1. The Kier molecular flexibility index (Phi) is 6.12. The average molecular weight is 306 g/mol. The molecule has 1 aliphatic carbocycles. The van der Waals surface area contributed by atoms with Gasteiger partial charge in [0.1, 0.15) is 5.78 Å². The molecule has 0 saturated heterocycles. The Labute approximate surface area is 133 Å². The van der Waals surface area contributed by atoms with Crippen LogP contribution in [0.5, 0.6) is 0 Å². The van der Waals surface area contributed by atoms with E-state index in [4.69, 9.17) is 0 Å². The van der Waals surface area contributed by atoms with Gasteiger partial charge in [-0.15, -0.1) is 5.10 Å². The Morgan fingerprint density at radius 1 is 1.27 bits per heavy atom. The molecule has 0 unspecified atom stereocenters. The van der Waals surface area contributed by atoms with Gasteiger partial charge in [0.2, 0.25) is 0 Å². The lowest BCUT2D eigenvalue weighted by molar-refractivity contribution is -0.127. The van der Waals surface area contributed by atoms with E-state index < -0.39 is 0 Å². The zero-order valence-electron chi connectivity index (χ0n) is 14.4. The number of Topliss-reactive ketones (excluding diaryl/α,β-unsaturated/α-hetero) is 1. The summed E-state index contributed by atoms with van der Waals surface area (Å²) in [6.45, 7) is 9.97. The highest BCUT2D eigenvalue weighted by Gasteiger charge is 2.27. The number of nitrogens with zero attached hydrogens (tertiary/aromatic N) is 3.